The molecule has 0 unspecified atom stereocenters. The van der Waals surface area contributed by atoms with Gasteiger partial charge in [0.2, 0.25) is 0 Å². The maximum Gasteiger partial charge on any atom is 0.0841 e. The molecule has 2 N–H and O–H groups in total. The van der Waals surface area contributed by atoms with Crippen LogP contribution in [0.5, 0.6) is 0 Å². The Kier molecular flexibility index (Phi) is 7.26. The zero-order valence-corrected chi connectivity index (χ0v) is 19.5. The normalized spacial score (nSPS) is 46.2. The Bertz CT molecular complexity index is 609. The van der Waals surface area contributed by atoms with Crippen LogP contribution in [-0.4, -0.2) is 48.8 Å². The number of nitrogens with one attached hydrogen (secondary N) is 1. The molecule has 8 atom stereocenters. The number of hydrogen-bond donors (Lipinski definition) is 2. The SMILES string of the molecule is CN(CCNCC#N)[C@H]1CC[C@H]2[C@@H]3CC[C@H]4C[C@@H](O)CC[C@]4(C)[C@H]3CC[C@]12C.Cl. The fourth-order valence-corrected chi connectivity index (χ4v) is 8.49. The van der Waals surface area contributed by atoms with Crippen molar-refractivity contribution in [2.75, 3.05) is 26.7 Å². The Morgan fingerprint density at radius 2 is 1.76 bits per heavy atom. The van der Waals surface area contributed by atoms with Crippen molar-refractivity contribution in [2.45, 2.75) is 83.8 Å². The van der Waals surface area contributed by atoms with Gasteiger partial charge in [0.05, 0.1) is 18.7 Å². The second-order valence-electron chi connectivity index (χ2n) is 11.0. The van der Waals surface area contributed by atoms with Gasteiger partial charge in [-0.15, -0.1) is 12.4 Å². The van der Waals surface area contributed by atoms with Crippen LogP contribution in [0.4, 0.5) is 0 Å². The lowest BCUT2D eigenvalue weighted by atomic mass is 9.45. The van der Waals surface area contributed by atoms with Crippen LogP contribution < -0.4 is 5.32 Å². The van der Waals surface area contributed by atoms with Crippen molar-refractivity contribution in [1.82, 2.24) is 10.2 Å². The highest BCUT2D eigenvalue weighted by atomic mass is 35.5. The van der Waals surface area contributed by atoms with Crippen LogP contribution in [0.15, 0.2) is 0 Å². The highest BCUT2D eigenvalue weighted by Gasteiger charge is 2.60. The van der Waals surface area contributed by atoms with Gasteiger partial charge in [-0.05, 0) is 99.3 Å². The summed E-state index contributed by atoms with van der Waals surface area (Å²) in [5.74, 6) is 3.44. The van der Waals surface area contributed by atoms with Crippen LogP contribution in [0.1, 0.15) is 71.6 Å². The first-order valence-corrected chi connectivity index (χ1v) is 11.9. The number of rotatable bonds is 5. The van der Waals surface area contributed by atoms with Crippen molar-refractivity contribution in [3.63, 3.8) is 0 Å². The first-order chi connectivity index (χ1) is 13.4. The molecule has 0 aromatic carbocycles. The lowest BCUT2D eigenvalue weighted by molar-refractivity contribution is -0.128. The average Bonchev–Trinajstić information content (AvgIpc) is 3.03. The van der Waals surface area contributed by atoms with E-state index in [9.17, 15) is 5.11 Å². The van der Waals surface area contributed by atoms with Crippen LogP contribution in [0, 0.1) is 45.8 Å². The van der Waals surface area contributed by atoms with Gasteiger partial charge < -0.3 is 15.3 Å². The van der Waals surface area contributed by atoms with Gasteiger partial charge in [0.25, 0.3) is 0 Å². The van der Waals surface area contributed by atoms with Gasteiger partial charge >= 0.3 is 0 Å². The van der Waals surface area contributed by atoms with E-state index in [-0.39, 0.29) is 18.5 Å². The van der Waals surface area contributed by atoms with Gasteiger partial charge in [-0.2, -0.15) is 5.26 Å². The molecule has 166 valence electrons. The van der Waals surface area contributed by atoms with Crippen molar-refractivity contribution in [3.05, 3.63) is 0 Å². The number of fused-ring (bicyclic) bond motifs is 5. The summed E-state index contributed by atoms with van der Waals surface area (Å²) in [7, 11) is 2.30. The molecule has 4 aliphatic carbocycles. The number of nitrogens with zero attached hydrogens (tertiary/aromatic N) is 2. The van der Waals surface area contributed by atoms with E-state index in [2.05, 4.69) is 37.2 Å². The summed E-state index contributed by atoms with van der Waals surface area (Å²) in [5, 5.41) is 22.2. The van der Waals surface area contributed by atoms with E-state index in [1.807, 2.05) is 0 Å². The summed E-state index contributed by atoms with van der Waals surface area (Å²) in [6.07, 6.45) is 11.6. The van der Waals surface area contributed by atoms with E-state index in [4.69, 9.17) is 5.26 Å². The van der Waals surface area contributed by atoms with Gasteiger partial charge in [-0.1, -0.05) is 13.8 Å². The maximum atomic E-state index is 10.2. The van der Waals surface area contributed by atoms with Crippen molar-refractivity contribution >= 4 is 12.4 Å². The Labute approximate surface area is 184 Å². The summed E-state index contributed by atoms with van der Waals surface area (Å²) in [6.45, 7) is 7.60. The van der Waals surface area contributed by atoms with Crippen LogP contribution in [0.2, 0.25) is 0 Å². The van der Waals surface area contributed by atoms with E-state index in [0.29, 0.717) is 23.4 Å². The fraction of sp³-hybridized carbons (Fsp3) is 0.958. The Morgan fingerprint density at radius 1 is 1.03 bits per heavy atom. The van der Waals surface area contributed by atoms with Gasteiger partial charge in [-0.25, -0.2) is 0 Å². The molecule has 29 heavy (non-hydrogen) atoms. The molecule has 0 aliphatic heterocycles. The van der Waals surface area contributed by atoms with Crippen molar-refractivity contribution in [2.24, 2.45) is 34.5 Å². The van der Waals surface area contributed by atoms with E-state index in [1.165, 1.54) is 44.9 Å². The standard InChI is InChI=1S/C24H41N3O.ClH/c1-23-10-8-18(28)16-17(23)4-5-19-20-6-7-22(24(20,2)11-9-21(19)23)27(3)15-14-26-13-12-25;/h17-22,26,28H,4-11,13-16H2,1-3H3;1H/t17-,18-,19-,20-,21-,22-,23-,24-;/m0./s1. The highest BCUT2D eigenvalue weighted by molar-refractivity contribution is 5.85. The van der Waals surface area contributed by atoms with E-state index < -0.39 is 0 Å². The minimum absolute atomic E-state index is 0. The second kappa shape index (κ2) is 9.03. The zero-order valence-electron chi connectivity index (χ0n) is 18.7. The quantitative estimate of drug-likeness (QED) is 0.513. The number of hydrogen-bond acceptors (Lipinski definition) is 4. The molecule has 4 aliphatic rings. The predicted octanol–water partition coefficient (Wildman–Crippen LogP) is 4.23. The van der Waals surface area contributed by atoms with Crippen LogP contribution in [0.25, 0.3) is 0 Å². The number of halogens is 1. The molecular weight excluding hydrogens is 382 g/mol. The molecular formula is C24H42ClN3O. The molecule has 4 fully saturated rings. The van der Waals surface area contributed by atoms with Crippen LogP contribution in [-0.2, 0) is 0 Å². The Hall–Kier alpha value is -0.340. The summed E-state index contributed by atoms with van der Waals surface area (Å²) in [5.41, 5.74) is 0.942. The molecule has 5 heteroatoms. The smallest absolute Gasteiger partial charge is 0.0841 e. The summed E-state index contributed by atoms with van der Waals surface area (Å²) >= 11 is 0. The summed E-state index contributed by atoms with van der Waals surface area (Å²) < 4.78 is 0. The molecule has 0 aromatic heterocycles. The lowest BCUT2D eigenvalue weighted by Gasteiger charge is -2.61. The molecule has 0 radical (unpaired) electrons. The largest absolute Gasteiger partial charge is 0.393 e. The number of nitriles is 1. The van der Waals surface area contributed by atoms with E-state index in [0.717, 1.165) is 49.6 Å². The Morgan fingerprint density at radius 3 is 2.52 bits per heavy atom. The van der Waals surface area contributed by atoms with Gasteiger partial charge in [0, 0.05) is 19.1 Å². The van der Waals surface area contributed by atoms with Crippen LogP contribution in [0.3, 0.4) is 0 Å². The summed E-state index contributed by atoms with van der Waals surface area (Å²) in [6, 6.07) is 2.87. The Balaban J connectivity index is 0.00000240. The molecule has 0 heterocycles. The minimum atomic E-state index is -0.0392. The molecule has 4 rings (SSSR count). The van der Waals surface area contributed by atoms with Gasteiger partial charge in [0.1, 0.15) is 0 Å². The van der Waals surface area contributed by atoms with Crippen LogP contribution >= 0.6 is 12.4 Å². The van der Waals surface area contributed by atoms with Crippen molar-refractivity contribution < 1.29 is 5.11 Å². The molecule has 4 nitrogen and oxygen atoms in total. The zero-order chi connectivity index (χ0) is 19.9. The molecule has 4 saturated carbocycles. The third-order valence-electron chi connectivity index (χ3n) is 9.97. The topological polar surface area (TPSA) is 59.3 Å². The number of aliphatic hydroxyl groups is 1. The maximum absolute atomic E-state index is 10.2. The molecule has 0 spiro atoms. The van der Waals surface area contributed by atoms with E-state index >= 15 is 0 Å². The predicted molar refractivity (Wildman–Crippen MR) is 120 cm³/mol. The molecule has 0 amide bonds. The fourth-order valence-electron chi connectivity index (χ4n) is 8.49. The minimum Gasteiger partial charge on any atom is -0.393 e. The lowest BCUT2D eigenvalue weighted by Crippen LogP contribution is -2.56. The van der Waals surface area contributed by atoms with Crippen molar-refractivity contribution in [1.29, 1.82) is 5.26 Å². The molecule has 0 aromatic rings. The monoisotopic (exact) mass is 423 g/mol. The summed E-state index contributed by atoms with van der Waals surface area (Å²) in [4.78, 5) is 2.59. The molecule has 0 bridgehead atoms. The average molecular weight is 424 g/mol. The van der Waals surface area contributed by atoms with Gasteiger partial charge in [-0.3, -0.25) is 0 Å². The highest BCUT2D eigenvalue weighted by Crippen LogP contribution is 2.66. The van der Waals surface area contributed by atoms with Crippen molar-refractivity contribution in [3.8, 4) is 6.07 Å². The third kappa shape index (κ3) is 3.98. The number of aliphatic hydroxyl groups excluding tert-OH is 1. The molecule has 0 saturated heterocycles. The number of likely N-dealkylation sites (N-methyl/N-ethyl adjacent to an activating group) is 1. The second-order valence-corrected chi connectivity index (χ2v) is 11.0. The van der Waals surface area contributed by atoms with Gasteiger partial charge in [0.15, 0.2) is 0 Å². The third-order valence-corrected chi connectivity index (χ3v) is 9.97. The first-order valence-electron chi connectivity index (χ1n) is 11.9. The first kappa shape index (κ1) is 23.3. The van der Waals surface area contributed by atoms with E-state index in [1.54, 1.807) is 0 Å².